The van der Waals surface area contributed by atoms with Gasteiger partial charge >= 0.3 is 0 Å². The molecule has 0 bridgehead atoms. The van der Waals surface area contributed by atoms with Crippen LogP contribution in [0.5, 0.6) is 0 Å². The van der Waals surface area contributed by atoms with Crippen LogP contribution < -0.4 is 0 Å². The van der Waals surface area contributed by atoms with Crippen LogP contribution in [0.2, 0.25) is 0 Å². The Morgan fingerprint density at radius 3 is 2.67 bits per heavy atom. The van der Waals surface area contributed by atoms with Gasteiger partial charge < -0.3 is 9.64 Å². The largest absolute Gasteiger partial charge is 0.374 e. The lowest BCUT2D eigenvalue weighted by atomic mass is 9.77. The fourth-order valence-electron chi connectivity index (χ4n) is 3.72. The number of piperidine rings is 1. The molecular weight excluding hydrogens is 254 g/mol. The van der Waals surface area contributed by atoms with Crippen LogP contribution in [0.3, 0.4) is 0 Å². The molecule has 2 nitrogen and oxygen atoms in total. The maximum Gasteiger partial charge on any atom is 0.0774 e. The summed E-state index contributed by atoms with van der Waals surface area (Å²) in [6.45, 7) is 6.95. The molecule has 2 heterocycles. The Hall–Kier alpha value is 0.400. The van der Waals surface area contributed by atoms with Crippen molar-refractivity contribution in [3.63, 3.8) is 0 Å². The number of halogens is 1. The Bertz CT molecular complexity index is 258. The molecular formula is C12H20BrNO. The summed E-state index contributed by atoms with van der Waals surface area (Å²) in [5.41, 5.74) is 0.764. The number of hydrogen-bond donors (Lipinski definition) is 0. The van der Waals surface area contributed by atoms with E-state index in [0.717, 1.165) is 17.9 Å². The molecule has 86 valence electrons. The summed E-state index contributed by atoms with van der Waals surface area (Å²) >= 11 is 3.72. The molecule has 0 amide bonds. The smallest absolute Gasteiger partial charge is 0.0774 e. The topological polar surface area (TPSA) is 12.5 Å². The Balaban J connectivity index is 1.76. The van der Waals surface area contributed by atoms with Crippen LogP contribution in [0, 0.1) is 11.3 Å². The van der Waals surface area contributed by atoms with Crippen LogP contribution in [0.1, 0.15) is 26.2 Å². The molecule has 2 saturated heterocycles. The first kappa shape index (κ1) is 10.5. The van der Waals surface area contributed by atoms with Crippen LogP contribution >= 0.6 is 15.9 Å². The van der Waals surface area contributed by atoms with Crippen molar-refractivity contribution < 1.29 is 4.74 Å². The zero-order valence-electron chi connectivity index (χ0n) is 9.47. The molecule has 3 rings (SSSR count). The molecule has 15 heavy (non-hydrogen) atoms. The van der Waals surface area contributed by atoms with Gasteiger partial charge in [-0.2, -0.15) is 0 Å². The molecule has 1 saturated carbocycles. The number of nitrogens with zero attached hydrogens (tertiary/aromatic N) is 1. The summed E-state index contributed by atoms with van der Waals surface area (Å²) in [6, 6.07) is 0. The fourth-order valence-corrected chi connectivity index (χ4v) is 4.92. The molecule has 0 radical (unpaired) electrons. The minimum Gasteiger partial charge on any atom is -0.374 e. The maximum atomic E-state index is 6.17. The van der Waals surface area contributed by atoms with Gasteiger partial charge in [0.15, 0.2) is 0 Å². The molecule has 3 heteroatoms. The van der Waals surface area contributed by atoms with Crippen molar-refractivity contribution in [2.75, 3.05) is 31.6 Å². The van der Waals surface area contributed by atoms with Crippen molar-refractivity contribution in [2.24, 2.45) is 11.3 Å². The summed E-state index contributed by atoms with van der Waals surface area (Å²) in [5.74, 6) is 0.866. The van der Waals surface area contributed by atoms with Gasteiger partial charge in [0, 0.05) is 23.8 Å². The predicted molar refractivity (Wildman–Crippen MR) is 64.4 cm³/mol. The summed E-state index contributed by atoms with van der Waals surface area (Å²) in [5, 5.41) is 1.15. The lowest BCUT2D eigenvalue weighted by molar-refractivity contribution is -0.0874. The van der Waals surface area contributed by atoms with E-state index in [1.54, 1.807) is 0 Å². The standard InChI is InChI=1S/C12H20BrNO/c1-2-14-5-3-12(4-6-14)11(9-13)7-10(11)8-15-12/h10H,2-9H2,1H3. The molecule has 2 aliphatic heterocycles. The first-order valence-electron chi connectivity index (χ1n) is 6.19. The normalized spacial score (nSPS) is 43.2. The summed E-state index contributed by atoms with van der Waals surface area (Å²) < 4.78 is 6.17. The number of rotatable bonds is 2. The van der Waals surface area contributed by atoms with Crippen LogP contribution in [-0.2, 0) is 4.74 Å². The van der Waals surface area contributed by atoms with E-state index in [-0.39, 0.29) is 5.60 Å². The minimum atomic E-state index is 0.243. The molecule has 2 atom stereocenters. The molecule has 2 unspecified atom stereocenters. The van der Waals surface area contributed by atoms with Crippen molar-refractivity contribution in [3.8, 4) is 0 Å². The first-order valence-corrected chi connectivity index (χ1v) is 7.31. The summed E-state index contributed by atoms with van der Waals surface area (Å²) in [7, 11) is 0. The van der Waals surface area contributed by atoms with Gasteiger partial charge in [0.05, 0.1) is 12.2 Å². The van der Waals surface area contributed by atoms with Crippen molar-refractivity contribution in [2.45, 2.75) is 31.8 Å². The predicted octanol–water partition coefficient (Wildman–Crippen LogP) is 2.27. The van der Waals surface area contributed by atoms with E-state index in [0.29, 0.717) is 5.41 Å². The highest BCUT2D eigenvalue weighted by Crippen LogP contribution is 2.68. The SMILES string of the molecule is CCN1CCC2(CC1)OCC1CC12CBr. The molecule has 0 aromatic carbocycles. The number of likely N-dealkylation sites (tertiary alicyclic amines) is 1. The van der Waals surface area contributed by atoms with Crippen molar-refractivity contribution in [1.29, 1.82) is 0 Å². The van der Waals surface area contributed by atoms with Crippen LogP contribution in [0.15, 0.2) is 0 Å². The van der Waals surface area contributed by atoms with E-state index < -0.39 is 0 Å². The fraction of sp³-hybridized carbons (Fsp3) is 1.00. The lowest BCUT2D eigenvalue weighted by Gasteiger charge is -2.44. The van der Waals surface area contributed by atoms with Crippen molar-refractivity contribution in [3.05, 3.63) is 0 Å². The van der Waals surface area contributed by atoms with Gasteiger partial charge in [-0.05, 0) is 31.7 Å². The van der Waals surface area contributed by atoms with Crippen LogP contribution in [0.25, 0.3) is 0 Å². The highest BCUT2D eigenvalue weighted by molar-refractivity contribution is 9.09. The Morgan fingerprint density at radius 1 is 1.40 bits per heavy atom. The number of fused-ring (bicyclic) bond motifs is 2. The molecule has 3 aliphatic rings. The van der Waals surface area contributed by atoms with Gasteiger partial charge in [-0.3, -0.25) is 0 Å². The Morgan fingerprint density at radius 2 is 2.13 bits per heavy atom. The molecule has 3 fully saturated rings. The lowest BCUT2D eigenvalue weighted by Crippen LogP contribution is -2.50. The molecule has 1 aliphatic carbocycles. The van der Waals surface area contributed by atoms with E-state index in [1.807, 2.05) is 0 Å². The summed E-state index contributed by atoms with van der Waals surface area (Å²) in [4.78, 5) is 2.55. The van der Waals surface area contributed by atoms with E-state index in [9.17, 15) is 0 Å². The van der Waals surface area contributed by atoms with E-state index >= 15 is 0 Å². The zero-order valence-corrected chi connectivity index (χ0v) is 11.1. The van der Waals surface area contributed by atoms with Gasteiger partial charge in [0.2, 0.25) is 0 Å². The van der Waals surface area contributed by atoms with E-state index in [4.69, 9.17) is 4.74 Å². The monoisotopic (exact) mass is 273 g/mol. The second-order valence-corrected chi connectivity index (χ2v) is 5.99. The third-order valence-electron chi connectivity index (χ3n) is 5.05. The number of ether oxygens (including phenoxy) is 1. The van der Waals surface area contributed by atoms with Crippen molar-refractivity contribution >= 4 is 15.9 Å². The van der Waals surface area contributed by atoms with Gasteiger partial charge in [-0.15, -0.1) is 0 Å². The second kappa shape index (κ2) is 3.44. The quantitative estimate of drug-likeness (QED) is 0.716. The average molecular weight is 274 g/mol. The van der Waals surface area contributed by atoms with Crippen LogP contribution in [0.4, 0.5) is 0 Å². The Kier molecular flexibility index (Phi) is 2.42. The van der Waals surface area contributed by atoms with E-state index in [2.05, 4.69) is 27.8 Å². The molecule has 0 N–H and O–H groups in total. The molecule has 1 spiro atoms. The second-order valence-electron chi connectivity index (χ2n) is 5.43. The van der Waals surface area contributed by atoms with Crippen LogP contribution in [-0.4, -0.2) is 42.1 Å². The molecule has 0 aromatic heterocycles. The minimum absolute atomic E-state index is 0.243. The summed E-state index contributed by atoms with van der Waals surface area (Å²) in [6.07, 6.45) is 3.91. The van der Waals surface area contributed by atoms with Crippen molar-refractivity contribution in [1.82, 2.24) is 4.90 Å². The number of alkyl halides is 1. The maximum absolute atomic E-state index is 6.17. The first-order chi connectivity index (χ1) is 7.26. The Labute approximate surface area is 100 Å². The molecule has 0 aromatic rings. The number of hydrogen-bond acceptors (Lipinski definition) is 2. The third kappa shape index (κ3) is 1.29. The van der Waals surface area contributed by atoms with Gasteiger partial charge in [-0.1, -0.05) is 22.9 Å². The van der Waals surface area contributed by atoms with E-state index in [1.165, 1.54) is 38.9 Å². The third-order valence-corrected chi connectivity index (χ3v) is 6.05. The highest BCUT2D eigenvalue weighted by atomic mass is 79.9. The highest BCUT2D eigenvalue weighted by Gasteiger charge is 2.70. The van der Waals surface area contributed by atoms with Gasteiger partial charge in [0.25, 0.3) is 0 Å². The van der Waals surface area contributed by atoms with Gasteiger partial charge in [-0.25, -0.2) is 0 Å². The zero-order chi connectivity index (χ0) is 10.5. The average Bonchev–Trinajstić information content (AvgIpc) is 2.96. The van der Waals surface area contributed by atoms with Gasteiger partial charge in [0.1, 0.15) is 0 Å².